The molecule has 2 fully saturated rings. The molecule has 3 unspecified atom stereocenters. The molecule has 1 N–H and O–H groups in total. The summed E-state index contributed by atoms with van der Waals surface area (Å²) < 4.78 is 5.78. The van der Waals surface area contributed by atoms with Gasteiger partial charge in [-0.15, -0.1) is 0 Å². The molecule has 0 aromatic carbocycles. The van der Waals surface area contributed by atoms with Gasteiger partial charge in [0.2, 0.25) is 0 Å². The highest BCUT2D eigenvalue weighted by Gasteiger charge is 2.58. The molecule has 1 aliphatic carbocycles. The minimum atomic E-state index is 0.348. The van der Waals surface area contributed by atoms with Crippen molar-refractivity contribution < 1.29 is 4.74 Å². The molecule has 2 rings (SSSR count). The first-order valence-electron chi connectivity index (χ1n) is 6.02. The van der Waals surface area contributed by atoms with E-state index in [9.17, 15) is 0 Å². The summed E-state index contributed by atoms with van der Waals surface area (Å²) in [5, 5.41) is 3.72. The van der Waals surface area contributed by atoms with Gasteiger partial charge in [0, 0.05) is 24.0 Å². The van der Waals surface area contributed by atoms with Crippen molar-refractivity contribution in [2.45, 2.75) is 38.8 Å². The molecule has 3 atom stereocenters. The smallest absolute Gasteiger partial charge is 0.0685 e. The Bertz CT molecular complexity index is 220. The fourth-order valence-electron chi connectivity index (χ4n) is 3.21. The van der Waals surface area contributed by atoms with E-state index in [1.807, 2.05) is 11.8 Å². The zero-order valence-corrected chi connectivity index (χ0v) is 10.9. The predicted octanol–water partition coefficient (Wildman–Crippen LogP) is 2.14. The van der Waals surface area contributed by atoms with Crippen LogP contribution in [0.3, 0.4) is 0 Å². The third-order valence-electron chi connectivity index (χ3n) is 3.99. The Morgan fingerprint density at radius 1 is 1.47 bits per heavy atom. The van der Waals surface area contributed by atoms with Crippen LogP contribution in [0.4, 0.5) is 0 Å². The quantitative estimate of drug-likeness (QED) is 0.730. The second-order valence-electron chi connectivity index (χ2n) is 5.34. The molecule has 0 radical (unpaired) electrons. The Morgan fingerprint density at radius 2 is 2.27 bits per heavy atom. The molecule has 0 aromatic rings. The van der Waals surface area contributed by atoms with E-state index in [2.05, 4.69) is 25.4 Å². The molecule has 2 nitrogen and oxygen atoms in total. The van der Waals surface area contributed by atoms with Gasteiger partial charge >= 0.3 is 0 Å². The first-order valence-corrected chi connectivity index (χ1v) is 7.41. The molecule has 0 spiro atoms. The summed E-state index contributed by atoms with van der Waals surface area (Å²) in [6.45, 7) is 6.82. The number of ether oxygens (including phenoxy) is 1. The second-order valence-corrected chi connectivity index (χ2v) is 6.33. The molecule has 1 saturated carbocycles. The number of rotatable bonds is 5. The standard InChI is InChI=1S/C12H23NOS/c1-12(2)10(13-6-4-8-15-3)9-5-7-14-11(9)12/h9-11,13H,4-8H2,1-3H3. The van der Waals surface area contributed by atoms with Crippen LogP contribution in [-0.2, 0) is 4.74 Å². The Hall–Kier alpha value is 0.270. The van der Waals surface area contributed by atoms with Gasteiger partial charge < -0.3 is 10.1 Å². The van der Waals surface area contributed by atoms with Gasteiger partial charge in [-0.2, -0.15) is 11.8 Å². The van der Waals surface area contributed by atoms with Crippen molar-refractivity contribution in [3.05, 3.63) is 0 Å². The van der Waals surface area contributed by atoms with E-state index >= 15 is 0 Å². The van der Waals surface area contributed by atoms with Crippen LogP contribution in [0.2, 0.25) is 0 Å². The van der Waals surface area contributed by atoms with Crippen LogP contribution in [0.25, 0.3) is 0 Å². The van der Waals surface area contributed by atoms with Crippen molar-refractivity contribution in [3.8, 4) is 0 Å². The lowest BCUT2D eigenvalue weighted by molar-refractivity contribution is -0.112. The normalized spacial score (nSPS) is 37.4. The van der Waals surface area contributed by atoms with Crippen molar-refractivity contribution in [2.75, 3.05) is 25.2 Å². The van der Waals surface area contributed by atoms with Crippen LogP contribution in [0, 0.1) is 11.3 Å². The summed E-state index contributed by atoms with van der Waals surface area (Å²) in [6.07, 6.45) is 5.24. The molecule has 1 heterocycles. The average molecular weight is 229 g/mol. The fraction of sp³-hybridized carbons (Fsp3) is 1.00. The Morgan fingerprint density at radius 3 is 3.00 bits per heavy atom. The lowest BCUT2D eigenvalue weighted by atomic mass is 9.57. The summed E-state index contributed by atoms with van der Waals surface area (Å²) >= 11 is 1.93. The van der Waals surface area contributed by atoms with E-state index in [0.717, 1.165) is 19.1 Å². The van der Waals surface area contributed by atoms with Gasteiger partial charge in [0.1, 0.15) is 0 Å². The van der Waals surface area contributed by atoms with Gasteiger partial charge in [0.05, 0.1) is 6.10 Å². The van der Waals surface area contributed by atoms with E-state index < -0.39 is 0 Å². The monoisotopic (exact) mass is 229 g/mol. The minimum absolute atomic E-state index is 0.348. The van der Waals surface area contributed by atoms with Crippen LogP contribution < -0.4 is 5.32 Å². The SMILES string of the molecule is CSCCCNC1C2CCOC2C1(C)C. The minimum Gasteiger partial charge on any atom is -0.377 e. The molecular formula is C12H23NOS. The Balaban J connectivity index is 1.77. The molecule has 88 valence electrons. The maximum Gasteiger partial charge on any atom is 0.0685 e. The third kappa shape index (κ3) is 2.06. The van der Waals surface area contributed by atoms with E-state index in [0.29, 0.717) is 17.6 Å². The van der Waals surface area contributed by atoms with Crippen molar-refractivity contribution in [2.24, 2.45) is 11.3 Å². The molecule has 1 saturated heterocycles. The fourth-order valence-corrected chi connectivity index (χ4v) is 3.65. The van der Waals surface area contributed by atoms with Crippen molar-refractivity contribution >= 4 is 11.8 Å². The number of hydrogen-bond acceptors (Lipinski definition) is 3. The predicted molar refractivity (Wildman–Crippen MR) is 66.4 cm³/mol. The number of hydrogen-bond donors (Lipinski definition) is 1. The zero-order chi connectivity index (χ0) is 10.9. The summed E-state index contributed by atoms with van der Waals surface area (Å²) in [4.78, 5) is 0. The van der Waals surface area contributed by atoms with Crippen LogP contribution in [0.1, 0.15) is 26.7 Å². The average Bonchev–Trinajstić information content (AvgIpc) is 2.64. The maximum absolute atomic E-state index is 5.78. The maximum atomic E-state index is 5.78. The summed E-state index contributed by atoms with van der Waals surface area (Å²) in [5.74, 6) is 2.05. The molecule has 3 heteroatoms. The van der Waals surface area contributed by atoms with Gasteiger partial charge in [-0.05, 0) is 31.4 Å². The van der Waals surface area contributed by atoms with Crippen LogP contribution in [0.5, 0.6) is 0 Å². The molecule has 15 heavy (non-hydrogen) atoms. The van der Waals surface area contributed by atoms with Crippen LogP contribution in [0.15, 0.2) is 0 Å². The van der Waals surface area contributed by atoms with Crippen LogP contribution >= 0.6 is 11.8 Å². The van der Waals surface area contributed by atoms with Crippen molar-refractivity contribution in [3.63, 3.8) is 0 Å². The van der Waals surface area contributed by atoms with Gasteiger partial charge in [0.25, 0.3) is 0 Å². The van der Waals surface area contributed by atoms with E-state index in [4.69, 9.17) is 4.74 Å². The zero-order valence-electron chi connectivity index (χ0n) is 10.1. The third-order valence-corrected chi connectivity index (χ3v) is 4.69. The molecular weight excluding hydrogens is 206 g/mol. The number of nitrogens with one attached hydrogen (secondary N) is 1. The molecule has 0 bridgehead atoms. The van der Waals surface area contributed by atoms with E-state index in [1.54, 1.807) is 0 Å². The highest BCUT2D eigenvalue weighted by molar-refractivity contribution is 7.98. The summed E-state index contributed by atoms with van der Waals surface area (Å²) in [7, 11) is 0. The lowest BCUT2D eigenvalue weighted by Gasteiger charge is -2.55. The lowest BCUT2D eigenvalue weighted by Crippen LogP contribution is -2.65. The van der Waals surface area contributed by atoms with Crippen molar-refractivity contribution in [1.82, 2.24) is 5.32 Å². The Labute approximate surface area is 97.5 Å². The summed E-state index contributed by atoms with van der Waals surface area (Å²) in [6, 6.07) is 0.687. The van der Waals surface area contributed by atoms with E-state index in [1.165, 1.54) is 18.6 Å². The van der Waals surface area contributed by atoms with Gasteiger partial charge in [-0.1, -0.05) is 13.8 Å². The van der Waals surface area contributed by atoms with Crippen molar-refractivity contribution in [1.29, 1.82) is 0 Å². The second kappa shape index (κ2) is 4.64. The molecule has 0 aromatic heterocycles. The molecule has 2 aliphatic rings. The largest absolute Gasteiger partial charge is 0.377 e. The van der Waals surface area contributed by atoms with Gasteiger partial charge in [-0.25, -0.2) is 0 Å². The van der Waals surface area contributed by atoms with Gasteiger partial charge in [-0.3, -0.25) is 0 Å². The molecule has 0 amide bonds. The Kier molecular flexibility index (Phi) is 3.63. The first-order chi connectivity index (χ1) is 7.18. The van der Waals surface area contributed by atoms with E-state index in [-0.39, 0.29) is 0 Å². The topological polar surface area (TPSA) is 21.3 Å². The first kappa shape index (κ1) is 11.7. The molecule has 1 aliphatic heterocycles. The van der Waals surface area contributed by atoms with Crippen LogP contribution in [-0.4, -0.2) is 37.3 Å². The summed E-state index contributed by atoms with van der Waals surface area (Å²) in [5.41, 5.74) is 0.348. The number of thioether (sulfide) groups is 1. The highest BCUT2D eigenvalue weighted by atomic mass is 32.2. The number of fused-ring (bicyclic) bond motifs is 1. The highest BCUT2D eigenvalue weighted by Crippen LogP contribution is 2.51. The van der Waals surface area contributed by atoms with Gasteiger partial charge in [0.15, 0.2) is 0 Å².